The van der Waals surface area contributed by atoms with E-state index in [0.29, 0.717) is 5.82 Å². The van der Waals surface area contributed by atoms with Gasteiger partial charge in [-0.2, -0.15) is 0 Å². The van der Waals surface area contributed by atoms with Gasteiger partial charge in [0, 0.05) is 4.88 Å². The monoisotopic (exact) mass is 278 g/mol. The minimum absolute atomic E-state index is 0.550. The highest BCUT2D eigenvalue weighted by molar-refractivity contribution is 7.15. The maximum atomic E-state index is 11.1. The minimum atomic E-state index is -0.935. The standard InChI is InChI=1S/C12H14N4O2S/c1-7(12(17)18)16-11(13-14-15-16)10-6-8-4-2-3-5-9(8)19-10/h6-7H,2-5H2,1H3,(H,17,18). The second-order valence-corrected chi connectivity index (χ2v) is 5.86. The molecule has 1 atom stereocenters. The Kier molecular flexibility index (Phi) is 3.06. The molecule has 2 heterocycles. The van der Waals surface area contributed by atoms with E-state index in [1.165, 1.54) is 28.0 Å². The third-order valence-corrected chi connectivity index (χ3v) is 4.67. The highest BCUT2D eigenvalue weighted by Gasteiger charge is 2.23. The molecule has 19 heavy (non-hydrogen) atoms. The lowest BCUT2D eigenvalue weighted by Gasteiger charge is -2.08. The molecular formula is C12H14N4O2S. The fourth-order valence-corrected chi connectivity index (χ4v) is 3.55. The zero-order chi connectivity index (χ0) is 13.4. The largest absolute Gasteiger partial charge is 0.480 e. The van der Waals surface area contributed by atoms with Crippen LogP contribution in [0.4, 0.5) is 0 Å². The van der Waals surface area contributed by atoms with Crippen LogP contribution in [0.2, 0.25) is 0 Å². The first-order chi connectivity index (χ1) is 9.16. The Hall–Kier alpha value is -1.76. The Morgan fingerprint density at radius 2 is 2.26 bits per heavy atom. The van der Waals surface area contributed by atoms with E-state index in [2.05, 4.69) is 21.6 Å². The lowest BCUT2D eigenvalue weighted by Crippen LogP contribution is -2.17. The Morgan fingerprint density at radius 1 is 1.47 bits per heavy atom. The van der Waals surface area contributed by atoms with Gasteiger partial charge in [-0.15, -0.1) is 16.4 Å². The lowest BCUT2D eigenvalue weighted by molar-refractivity contribution is -0.140. The number of nitrogens with zero attached hydrogens (tertiary/aromatic N) is 4. The first kappa shape index (κ1) is 12.3. The second kappa shape index (κ2) is 4.73. The van der Waals surface area contributed by atoms with Crippen LogP contribution in [0.3, 0.4) is 0 Å². The third kappa shape index (κ3) is 2.14. The van der Waals surface area contributed by atoms with Crippen molar-refractivity contribution in [3.05, 3.63) is 16.5 Å². The van der Waals surface area contributed by atoms with Gasteiger partial charge in [-0.3, -0.25) is 0 Å². The smallest absolute Gasteiger partial charge is 0.328 e. The van der Waals surface area contributed by atoms with E-state index in [0.717, 1.165) is 17.7 Å². The molecule has 1 N–H and O–H groups in total. The molecular weight excluding hydrogens is 264 g/mol. The molecule has 0 amide bonds. The first-order valence-electron chi connectivity index (χ1n) is 6.29. The van der Waals surface area contributed by atoms with Gasteiger partial charge in [-0.05, 0) is 54.7 Å². The molecule has 3 rings (SSSR count). The molecule has 0 spiro atoms. The number of aromatic nitrogens is 4. The van der Waals surface area contributed by atoms with Crippen molar-refractivity contribution in [1.82, 2.24) is 20.2 Å². The van der Waals surface area contributed by atoms with Crippen molar-refractivity contribution >= 4 is 17.3 Å². The number of rotatable bonds is 3. The van der Waals surface area contributed by atoms with Crippen molar-refractivity contribution in [2.24, 2.45) is 0 Å². The number of carbonyl (C=O) groups is 1. The molecule has 0 fully saturated rings. The van der Waals surface area contributed by atoms with Gasteiger partial charge in [0.25, 0.3) is 0 Å². The summed E-state index contributed by atoms with van der Waals surface area (Å²) in [7, 11) is 0. The fraction of sp³-hybridized carbons (Fsp3) is 0.500. The van der Waals surface area contributed by atoms with Crippen molar-refractivity contribution in [2.75, 3.05) is 0 Å². The molecule has 100 valence electrons. The molecule has 2 aromatic rings. The first-order valence-corrected chi connectivity index (χ1v) is 7.11. The van der Waals surface area contributed by atoms with E-state index >= 15 is 0 Å². The van der Waals surface area contributed by atoms with Crippen LogP contribution >= 0.6 is 11.3 Å². The average Bonchev–Trinajstić information content (AvgIpc) is 3.03. The van der Waals surface area contributed by atoms with Crippen molar-refractivity contribution in [3.8, 4) is 10.7 Å². The maximum Gasteiger partial charge on any atom is 0.328 e. The predicted molar refractivity (Wildman–Crippen MR) is 70.1 cm³/mol. The summed E-state index contributed by atoms with van der Waals surface area (Å²) in [6.07, 6.45) is 4.65. The van der Waals surface area contributed by atoms with Gasteiger partial charge in [-0.25, -0.2) is 9.48 Å². The normalized spacial score (nSPS) is 16.1. The maximum absolute atomic E-state index is 11.1. The van der Waals surface area contributed by atoms with Gasteiger partial charge >= 0.3 is 5.97 Å². The second-order valence-electron chi connectivity index (χ2n) is 4.73. The summed E-state index contributed by atoms with van der Waals surface area (Å²) in [5.41, 5.74) is 1.36. The summed E-state index contributed by atoms with van der Waals surface area (Å²) in [5.74, 6) is -0.385. The molecule has 1 unspecified atom stereocenters. The van der Waals surface area contributed by atoms with Crippen molar-refractivity contribution in [3.63, 3.8) is 0 Å². The number of tetrazole rings is 1. The lowest BCUT2D eigenvalue weighted by atomic mass is 9.99. The van der Waals surface area contributed by atoms with E-state index in [9.17, 15) is 4.79 Å². The van der Waals surface area contributed by atoms with Crippen LogP contribution in [0.1, 0.15) is 36.2 Å². The number of hydrogen-bond acceptors (Lipinski definition) is 5. The number of carboxylic acids is 1. The van der Waals surface area contributed by atoms with Gasteiger partial charge < -0.3 is 5.11 Å². The van der Waals surface area contributed by atoms with Crippen molar-refractivity contribution in [2.45, 2.75) is 38.6 Å². The summed E-state index contributed by atoms with van der Waals surface area (Å²) in [5, 5.41) is 20.5. The minimum Gasteiger partial charge on any atom is -0.480 e. The number of aryl methyl sites for hydroxylation is 2. The van der Waals surface area contributed by atoms with Crippen LogP contribution in [0, 0.1) is 0 Å². The van der Waals surface area contributed by atoms with Crippen LogP contribution in [0.25, 0.3) is 10.7 Å². The number of hydrogen-bond donors (Lipinski definition) is 1. The molecule has 0 aromatic carbocycles. The van der Waals surface area contributed by atoms with E-state index < -0.39 is 12.0 Å². The molecule has 0 bridgehead atoms. The predicted octanol–water partition coefficient (Wildman–Crippen LogP) is 1.93. The summed E-state index contributed by atoms with van der Waals surface area (Å²) >= 11 is 1.68. The summed E-state index contributed by atoms with van der Waals surface area (Å²) in [4.78, 5) is 13.4. The third-order valence-electron chi connectivity index (χ3n) is 3.43. The van der Waals surface area contributed by atoms with E-state index in [1.807, 2.05) is 0 Å². The Balaban J connectivity index is 2.01. The number of thiophene rings is 1. The molecule has 1 aliphatic rings. The van der Waals surface area contributed by atoms with Gasteiger partial charge in [0.1, 0.15) is 0 Å². The van der Waals surface area contributed by atoms with Crippen molar-refractivity contribution < 1.29 is 9.90 Å². The van der Waals surface area contributed by atoms with E-state index in [-0.39, 0.29) is 0 Å². The molecule has 1 aliphatic carbocycles. The summed E-state index contributed by atoms with van der Waals surface area (Å²) < 4.78 is 1.37. The fourth-order valence-electron chi connectivity index (χ4n) is 2.32. The quantitative estimate of drug-likeness (QED) is 0.927. The van der Waals surface area contributed by atoms with Crippen LogP contribution in [-0.4, -0.2) is 31.3 Å². The van der Waals surface area contributed by atoms with Crippen LogP contribution in [-0.2, 0) is 17.6 Å². The van der Waals surface area contributed by atoms with Crippen LogP contribution < -0.4 is 0 Å². The highest BCUT2D eigenvalue weighted by Crippen LogP contribution is 2.35. The highest BCUT2D eigenvalue weighted by atomic mass is 32.1. The zero-order valence-electron chi connectivity index (χ0n) is 10.5. The molecule has 2 aromatic heterocycles. The Morgan fingerprint density at radius 3 is 3.00 bits per heavy atom. The Labute approximate surface area is 114 Å². The molecule has 6 nitrogen and oxygen atoms in total. The molecule has 7 heteroatoms. The summed E-state index contributed by atoms with van der Waals surface area (Å²) in [6, 6.07) is 1.35. The number of carboxylic acid groups (broad SMARTS) is 1. The van der Waals surface area contributed by atoms with Gasteiger partial charge in [0.05, 0.1) is 4.88 Å². The Bertz CT molecular complexity index is 596. The van der Waals surface area contributed by atoms with E-state index in [1.54, 1.807) is 18.3 Å². The van der Waals surface area contributed by atoms with Crippen molar-refractivity contribution in [1.29, 1.82) is 0 Å². The van der Waals surface area contributed by atoms with Crippen LogP contribution in [0.15, 0.2) is 6.07 Å². The SMILES string of the molecule is CC(C(=O)O)n1nnnc1-c1cc2c(s1)CCCC2. The average molecular weight is 278 g/mol. The summed E-state index contributed by atoms with van der Waals surface area (Å²) in [6.45, 7) is 1.58. The van der Waals surface area contributed by atoms with Gasteiger partial charge in [-0.1, -0.05) is 0 Å². The topological polar surface area (TPSA) is 80.9 Å². The number of fused-ring (bicyclic) bond motifs is 1. The van der Waals surface area contributed by atoms with E-state index in [4.69, 9.17) is 5.11 Å². The molecule has 0 saturated carbocycles. The molecule has 0 saturated heterocycles. The molecule has 0 aliphatic heterocycles. The number of aliphatic carboxylic acids is 1. The van der Waals surface area contributed by atoms with Gasteiger partial charge in [0.2, 0.25) is 0 Å². The zero-order valence-corrected chi connectivity index (χ0v) is 11.4. The van der Waals surface area contributed by atoms with Crippen LogP contribution in [0.5, 0.6) is 0 Å². The molecule has 0 radical (unpaired) electrons. The van der Waals surface area contributed by atoms with Gasteiger partial charge in [0.15, 0.2) is 11.9 Å².